The van der Waals surface area contributed by atoms with Crippen LogP contribution in [0.3, 0.4) is 0 Å². The van der Waals surface area contributed by atoms with Crippen molar-refractivity contribution >= 4 is 41.7 Å². The van der Waals surface area contributed by atoms with Crippen LogP contribution in [0.1, 0.15) is 40.0 Å². The van der Waals surface area contributed by atoms with E-state index in [1.54, 1.807) is 0 Å². The first-order chi connectivity index (χ1) is 10.2. The molecule has 0 aromatic carbocycles. The molecule has 2 heterocycles. The summed E-state index contributed by atoms with van der Waals surface area (Å²) in [6.07, 6.45) is 3.93. The van der Waals surface area contributed by atoms with Crippen molar-refractivity contribution in [2.24, 2.45) is 10.9 Å². The van der Waals surface area contributed by atoms with Gasteiger partial charge in [-0.2, -0.15) is 11.8 Å². The van der Waals surface area contributed by atoms with Gasteiger partial charge in [0.2, 0.25) is 0 Å². The van der Waals surface area contributed by atoms with E-state index in [-0.39, 0.29) is 24.0 Å². The molecule has 0 aromatic rings. The summed E-state index contributed by atoms with van der Waals surface area (Å²) in [5.41, 5.74) is 0. The number of nitrogens with one attached hydrogen (secondary N) is 1. The first-order valence-electron chi connectivity index (χ1n) is 8.47. The fraction of sp³-hybridized carbons (Fsp3) is 0.938. The number of aliphatic imine (C=N–C) groups is 1. The van der Waals surface area contributed by atoms with Crippen molar-refractivity contribution in [3.63, 3.8) is 0 Å². The summed E-state index contributed by atoms with van der Waals surface area (Å²) < 4.78 is 5.68. The highest BCUT2D eigenvalue weighted by Crippen LogP contribution is 2.25. The zero-order valence-corrected chi connectivity index (χ0v) is 17.4. The first kappa shape index (κ1) is 20.4. The number of nitrogens with zero attached hydrogens (tertiary/aromatic N) is 2. The Balaban J connectivity index is 0.00000242. The third-order valence-electron chi connectivity index (χ3n) is 4.21. The van der Waals surface area contributed by atoms with Crippen molar-refractivity contribution in [1.29, 1.82) is 0 Å². The fourth-order valence-electron chi connectivity index (χ4n) is 2.88. The number of thioether (sulfide) groups is 1. The molecule has 0 bridgehead atoms. The van der Waals surface area contributed by atoms with Crippen LogP contribution in [0.25, 0.3) is 0 Å². The zero-order chi connectivity index (χ0) is 15.1. The topological polar surface area (TPSA) is 36.9 Å². The average Bonchev–Trinajstić information content (AvgIpc) is 3.00. The maximum Gasteiger partial charge on any atom is 0.193 e. The van der Waals surface area contributed by atoms with Crippen molar-refractivity contribution in [3.8, 4) is 0 Å². The van der Waals surface area contributed by atoms with Crippen LogP contribution in [0.2, 0.25) is 0 Å². The molecule has 0 radical (unpaired) electrons. The van der Waals surface area contributed by atoms with E-state index >= 15 is 0 Å². The van der Waals surface area contributed by atoms with Gasteiger partial charge in [0.05, 0.1) is 6.10 Å². The Morgan fingerprint density at radius 1 is 1.45 bits per heavy atom. The van der Waals surface area contributed by atoms with Gasteiger partial charge in [-0.1, -0.05) is 13.8 Å². The lowest BCUT2D eigenvalue weighted by Gasteiger charge is -2.36. The number of hydrogen-bond acceptors (Lipinski definition) is 3. The minimum atomic E-state index is 0. The lowest BCUT2D eigenvalue weighted by molar-refractivity contribution is 0.106. The van der Waals surface area contributed by atoms with Gasteiger partial charge in [-0.15, -0.1) is 24.0 Å². The molecule has 2 rings (SSSR count). The van der Waals surface area contributed by atoms with Gasteiger partial charge in [-0.25, -0.2) is 0 Å². The minimum Gasteiger partial charge on any atom is -0.378 e. The Labute approximate surface area is 157 Å². The maximum atomic E-state index is 5.68. The van der Waals surface area contributed by atoms with Crippen LogP contribution in [-0.2, 0) is 4.74 Å². The lowest BCUT2D eigenvalue weighted by Crippen LogP contribution is -2.49. The molecule has 2 unspecified atom stereocenters. The van der Waals surface area contributed by atoms with Gasteiger partial charge in [0.15, 0.2) is 5.96 Å². The number of halogens is 1. The van der Waals surface area contributed by atoms with E-state index in [2.05, 4.69) is 42.7 Å². The predicted octanol–water partition coefficient (Wildman–Crippen LogP) is 3.21. The number of guanidine groups is 1. The maximum absolute atomic E-state index is 5.68. The van der Waals surface area contributed by atoms with E-state index < -0.39 is 0 Å². The molecule has 0 spiro atoms. The summed E-state index contributed by atoms with van der Waals surface area (Å²) >= 11 is 2.11. The Bertz CT molecular complexity index is 335. The molecule has 2 saturated heterocycles. The zero-order valence-electron chi connectivity index (χ0n) is 14.2. The smallest absolute Gasteiger partial charge is 0.193 e. The summed E-state index contributed by atoms with van der Waals surface area (Å²) in [5, 5.41) is 4.19. The molecule has 130 valence electrons. The highest BCUT2D eigenvalue weighted by molar-refractivity contribution is 14.0. The molecule has 2 fully saturated rings. The second-order valence-electron chi connectivity index (χ2n) is 6.26. The lowest BCUT2D eigenvalue weighted by atomic mass is 10.1. The second kappa shape index (κ2) is 11.0. The van der Waals surface area contributed by atoms with E-state index in [9.17, 15) is 0 Å². The number of hydrogen-bond donors (Lipinski definition) is 1. The van der Waals surface area contributed by atoms with Crippen molar-refractivity contribution < 1.29 is 4.74 Å². The molecule has 6 heteroatoms. The number of rotatable bonds is 5. The third kappa shape index (κ3) is 6.43. The van der Waals surface area contributed by atoms with Crippen LogP contribution in [-0.4, -0.2) is 60.8 Å². The number of ether oxygens (including phenoxy) is 1. The Kier molecular flexibility index (Phi) is 10.1. The van der Waals surface area contributed by atoms with Crippen LogP contribution >= 0.6 is 35.7 Å². The van der Waals surface area contributed by atoms with Crippen LogP contribution in [0.15, 0.2) is 4.99 Å². The minimum absolute atomic E-state index is 0. The van der Waals surface area contributed by atoms with Crippen molar-refractivity contribution in [2.75, 3.05) is 38.5 Å². The second-order valence-corrected chi connectivity index (χ2v) is 7.61. The summed E-state index contributed by atoms with van der Waals surface area (Å²) in [5.74, 6) is 3.04. The van der Waals surface area contributed by atoms with Crippen molar-refractivity contribution in [1.82, 2.24) is 10.2 Å². The molecule has 0 aromatic heterocycles. The molecule has 1 N–H and O–H groups in total. The van der Waals surface area contributed by atoms with E-state index in [0.29, 0.717) is 6.10 Å². The third-order valence-corrected chi connectivity index (χ3v) is 5.75. The van der Waals surface area contributed by atoms with Crippen molar-refractivity contribution in [3.05, 3.63) is 0 Å². The average molecular weight is 441 g/mol. The van der Waals surface area contributed by atoms with E-state index in [0.717, 1.165) is 56.3 Å². The molecular weight excluding hydrogens is 409 g/mol. The van der Waals surface area contributed by atoms with E-state index in [1.807, 2.05) is 0 Å². The summed E-state index contributed by atoms with van der Waals surface area (Å²) in [6, 6.07) is 0. The SMILES string of the molecule is CCNC(=NCCC1CCCO1)N1CCSC(C(C)C)C1.I. The first-order valence-corrected chi connectivity index (χ1v) is 9.52. The Morgan fingerprint density at radius 3 is 2.91 bits per heavy atom. The fourth-order valence-corrected chi connectivity index (χ4v) is 4.18. The summed E-state index contributed by atoms with van der Waals surface area (Å²) in [4.78, 5) is 7.28. The molecule has 0 amide bonds. The van der Waals surface area contributed by atoms with Crippen LogP contribution in [0.4, 0.5) is 0 Å². The van der Waals surface area contributed by atoms with Crippen LogP contribution in [0.5, 0.6) is 0 Å². The largest absolute Gasteiger partial charge is 0.378 e. The quantitative estimate of drug-likeness (QED) is 0.404. The van der Waals surface area contributed by atoms with Gasteiger partial charge in [-0.05, 0) is 32.1 Å². The standard InChI is InChI=1S/C16H31N3OS.HI/c1-4-17-16(18-8-7-14-6-5-10-20-14)19-9-11-21-15(12-19)13(2)3;/h13-15H,4-12H2,1-3H3,(H,17,18);1H. The molecule has 0 saturated carbocycles. The molecule has 22 heavy (non-hydrogen) atoms. The Morgan fingerprint density at radius 2 is 2.27 bits per heavy atom. The molecule has 4 nitrogen and oxygen atoms in total. The molecule has 0 aliphatic carbocycles. The van der Waals surface area contributed by atoms with Gasteiger partial charge < -0.3 is 15.0 Å². The van der Waals surface area contributed by atoms with E-state index in [4.69, 9.17) is 9.73 Å². The van der Waals surface area contributed by atoms with Crippen LogP contribution < -0.4 is 5.32 Å². The van der Waals surface area contributed by atoms with Crippen molar-refractivity contribution in [2.45, 2.75) is 51.4 Å². The molecule has 2 aliphatic rings. The summed E-state index contributed by atoms with van der Waals surface area (Å²) in [6.45, 7) is 11.8. The molecular formula is C16H32IN3OS. The molecule has 2 atom stereocenters. The van der Waals surface area contributed by atoms with E-state index in [1.165, 1.54) is 18.6 Å². The highest BCUT2D eigenvalue weighted by Gasteiger charge is 2.25. The predicted molar refractivity (Wildman–Crippen MR) is 108 cm³/mol. The summed E-state index contributed by atoms with van der Waals surface area (Å²) in [7, 11) is 0. The molecule has 2 aliphatic heterocycles. The normalized spacial score (nSPS) is 26.2. The van der Waals surface area contributed by atoms with Gasteiger partial charge in [0, 0.05) is 43.8 Å². The van der Waals surface area contributed by atoms with Gasteiger partial charge in [0.1, 0.15) is 0 Å². The van der Waals surface area contributed by atoms with Gasteiger partial charge in [-0.3, -0.25) is 4.99 Å². The Hall–Kier alpha value is 0.310. The van der Waals surface area contributed by atoms with Gasteiger partial charge >= 0.3 is 0 Å². The highest BCUT2D eigenvalue weighted by atomic mass is 127. The van der Waals surface area contributed by atoms with Crippen LogP contribution in [0, 0.1) is 5.92 Å². The van der Waals surface area contributed by atoms with Gasteiger partial charge in [0.25, 0.3) is 0 Å². The monoisotopic (exact) mass is 441 g/mol.